The van der Waals surface area contributed by atoms with Crippen molar-refractivity contribution < 1.29 is 29.0 Å². The number of carbonyl (C=O) groups excluding carboxylic acids is 2. The highest BCUT2D eigenvalue weighted by atomic mass is 16.7. The van der Waals surface area contributed by atoms with E-state index in [-0.39, 0.29) is 12.5 Å². The van der Waals surface area contributed by atoms with Gasteiger partial charge < -0.3 is 24.7 Å². The minimum atomic E-state index is -0.942. The molecule has 244 valence electrons. The molecule has 1 amide bonds. The molecule has 3 heterocycles. The summed E-state index contributed by atoms with van der Waals surface area (Å²) in [6.07, 6.45) is 7.99. The molecule has 1 fully saturated rings. The summed E-state index contributed by atoms with van der Waals surface area (Å²) in [5.74, 6) is 5.02. The van der Waals surface area contributed by atoms with Gasteiger partial charge in [-0.05, 0) is 43.9 Å². The van der Waals surface area contributed by atoms with Gasteiger partial charge >= 0.3 is 5.69 Å². The van der Waals surface area contributed by atoms with Crippen molar-refractivity contribution >= 4 is 17.9 Å². The van der Waals surface area contributed by atoms with E-state index in [2.05, 4.69) is 17.2 Å². The molecule has 1 aromatic heterocycles. The van der Waals surface area contributed by atoms with E-state index in [1.807, 2.05) is 19.9 Å². The number of aliphatic hydroxyl groups is 1. The second kappa shape index (κ2) is 20.4. The van der Waals surface area contributed by atoms with Gasteiger partial charge in [0.2, 0.25) is 6.29 Å². The van der Waals surface area contributed by atoms with Gasteiger partial charge in [0.25, 0.3) is 11.5 Å². The lowest BCUT2D eigenvalue weighted by molar-refractivity contribution is -0.265. The number of hydrogen-bond acceptors (Lipinski definition) is 10. The van der Waals surface area contributed by atoms with E-state index >= 15 is 0 Å². The Morgan fingerprint density at radius 3 is 2.55 bits per heavy atom. The van der Waals surface area contributed by atoms with Crippen molar-refractivity contribution in [3.05, 3.63) is 75.3 Å². The molecule has 13 heteroatoms. The average Bonchev–Trinajstić information content (AvgIpc) is 3.04. The van der Waals surface area contributed by atoms with E-state index < -0.39 is 41.9 Å². The van der Waals surface area contributed by atoms with Gasteiger partial charge in [0.05, 0.1) is 12.3 Å². The van der Waals surface area contributed by atoms with Gasteiger partial charge in [0.15, 0.2) is 5.76 Å². The molecule has 13 nitrogen and oxygen atoms in total. The highest BCUT2D eigenvalue weighted by Crippen LogP contribution is 2.32. The van der Waals surface area contributed by atoms with Gasteiger partial charge in [0, 0.05) is 30.8 Å². The smallest absolute Gasteiger partial charge is 0.329 e. The van der Waals surface area contributed by atoms with Crippen molar-refractivity contribution in [1.29, 1.82) is 0 Å². The summed E-state index contributed by atoms with van der Waals surface area (Å²) in [5, 5.41) is 13.4. The summed E-state index contributed by atoms with van der Waals surface area (Å²) in [7, 11) is 0. The number of benzene rings is 1. The SMILES string of the molecule is CC.CCCCCCC=O.NOCN1C(OC2CCC=C(C(=O)Nc3ccccc3)O2)C(O)CCC1n1ccc(=O)[nH]c1=O. The van der Waals surface area contributed by atoms with E-state index in [0.717, 1.165) is 19.1 Å². The summed E-state index contributed by atoms with van der Waals surface area (Å²) in [5.41, 5.74) is -0.496. The maximum Gasteiger partial charge on any atom is 0.329 e. The van der Waals surface area contributed by atoms with Gasteiger partial charge in [0.1, 0.15) is 19.2 Å². The first-order valence-electron chi connectivity index (χ1n) is 15.3. The number of nitrogens with zero attached hydrogens (tertiary/aromatic N) is 2. The lowest BCUT2D eigenvalue weighted by Crippen LogP contribution is -2.56. The Morgan fingerprint density at radius 2 is 1.89 bits per heavy atom. The van der Waals surface area contributed by atoms with Crippen molar-refractivity contribution in [2.75, 3.05) is 12.0 Å². The number of para-hydroxylation sites is 1. The molecule has 2 aromatic rings. The summed E-state index contributed by atoms with van der Waals surface area (Å²) in [6.45, 7) is 6.00. The van der Waals surface area contributed by atoms with Crippen LogP contribution in [0.5, 0.6) is 0 Å². The minimum Gasteiger partial charge on any atom is -0.459 e. The molecule has 0 aliphatic carbocycles. The molecule has 4 unspecified atom stereocenters. The third-order valence-electron chi connectivity index (χ3n) is 6.87. The molecule has 5 N–H and O–H groups in total. The predicted octanol–water partition coefficient (Wildman–Crippen LogP) is 3.52. The highest BCUT2D eigenvalue weighted by molar-refractivity contribution is 6.02. The summed E-state index contributed by atoms with van der Waals surface area (Å²) >= 11 is 0. The minimum absolute atomic E-state index is 0.112. The molecule has 4 atom stereocenters. The van der Waals surface area contributed by atoms with Crippen LogP contribution in [0.2, 0.25) is 0 Å². The number of likely N-dealkylation sites (tertiary alicyclic amines) is 1. The van der Waals surface area contributed by atoms with Gasteiger partial charge in [-0.1, -0.05) is 58.2 Å². The lowest BCUT2D eigenvalue weighted by atomic mass is 10.0. The van der Waals surface area contributed by atoms with Crippen LogP contribution in [0.15, 0.2) is 64.0 Å². The molecule has 0 radical (unpaired) electrons. The fourth-order valence-electron chi connectivity index (χ4n) is 4.76. The summed E-state index contributed by atoms with van der Waals surface area (Å²) < 4.78 is 13.2. The number of ether oxygens (including phenoxy) is 2. The molecular weight excluding hydrogens is 570 g/mol. The van der Waals surface area contributed by atoms with E-state index in [0.29, 0.717) is 31.4 Å². The van der Waals surface area contributed by atoms with Crippen LogP contribution in [-0.4, -0.2) is 57.1 Å². The number of hydrogen-bond donors (Lipinski definition) is 4. The van der Waals surface area contributed by atoms with E-state index in [9.17, 15) is 24.3 Å². The molecule has 0 bridgehead atoms. The molecule has 0 spiro atoms. The topological polar surface area (TPSA) is 178 Å². The number of unbranched alkanes of at least 4 members (excludes halogenated alkanes) is 4. The zero-order chi connectivity index (χ0) is 32.3. The van der Waals surface area contributed by atoms with E-state index in [1.165, 1.54) is 36.1 Å². The standard InChI is InChI=1S/C22H27N5O7.C7H14O.C2H6/c23-32-13-27-18(26-12-11-17(29)25-22(26)31)10-9-15(28)21(27)34-19-8-4-7-16(33-19)20(30)24-14-5-2-1-3-6-14;1-2-3-4-5-6-7-8;1-2/h1-3,5-7,11-12,15,18-19,21,28H,4,8-10,13,23H2,(H,24,30)(H,25,29,31);7H,2-6H2,1H3;1-2H3. The third-order valence-corrected chi connectivity index (χ3v) is 6.87. The molecule has 4 rings (SSSR count). The highest BCUT2D eigenvalue weighted by Gasteiger charge is 2.41. The largest absolute Gasteiger partial charge is 0.459 e. The number of amides is 1. The van der Waals surface area contributed by atoms with Crippen LogP contribution in [0.4, 0.5) is 5.69 Å². The Morgan fingerprint density at radius 1 is 1.14 bits per heavy atom. The van der Waals surface area contributed by atoms with E-state index in [1.54, 1.807) is 35.2 Å². The quantitative estimate of drug-likeness (QED) is 0.156. The third kappa shape index (κ3) is 11.5. The molecule has 1 saturated heterocycles. The molecular formula is C31H47N5O8. The molecule has 2 aliphatic rings. The van der Waals surface area contributed by atoms with E-state index in [4.69, 9.17) is 20.2 Å². The number of aromatic amines is 1. The van der Waals surface area contributed by atoms with Gasteiger partial charge in [-0.2, -0.15) is 0 Å². The second-order valence-electron chi connectivity index (χ2n) is 10.0. The number of aliphatic hydroxyl groups excluding tert-OH is 1. The maximum atomic E-state index is 12.6. The van der Waals surface area contributed by atoms with Gasteiger partial charge in [-0.3, -0.25) is 24.0 Å². The molecule has 44 heavy (non-hydrogen) atoms. The molecule has 0 saturated carbocycles. The number of anilines is 1. The summed E-state index contributed by atoms with van der Waals surface area (Å²) in [4.78, 5) is 54.8. The van der Waals surface area contributed by atoms with Crippen LogP contribution in [-0.2, 0) is 23.9 Å². The Kier molecular flexibility index (Phi) is 16.9. The second-order valence-corrected chi connectivity index (χ2v) is 10.0. The number of rotatable bonds is 12. The fraction of sp³-hybridized carbons (Fsp3) is 0.548. The van der Waals surface area contributed by atoms with Crippen LogP contribution in [0.3, 0.4) is 0 Å². The van der Waals surface area contributed by atoms with Crippen molar-refractivity contribution in [3.63, 3.8) is 0 Å². The van der Waals surface area contributed by atoms with Crippen LogP contribution < -0.4 is 22.5 Å². The Hall–Kier alpha value is -3.62. The van der Waals surface area contributed by atoms with Gasteiger partial charge in [-0.15, -0.1) is 0 Å². The van der Waals surface area contributed by atoms with Crippen LogP contribution in [0, 0.1) is 0 Å². The number of allylic oxidation sites excluding steroid dienone is 1. The monoisotopic (exact) mass is 617 g/mol. The van der Waals surface area contributed by atoms with Crippen molar-refractivity contribution in [3.8, 4) is 0 Å². The Bertz CT molecular complexity index is 1270. The Balaban J connectivity index is 0.000000588. The van der Waals surface area contributed by atoms with Gasteiger partial charge in [-0.25, -0.2) is 15.6 Å². The zero-order valence-electron chi connectivity index (χ0n) is 25.9. The number of aromatic nitrogens is 2. The number of nitrogens with one attached hydrogen (secondary N) is 2. The van der Waals surface area contributed by atoms with Crippen molar-refractivity contribution in [1.82, 2.24) is 14.5 Å². The number of carbonyl (C=O) groups is 2. The maximum absolute atomic E-state index is 12.6. The van der Waals surface area contributed by atoms with Crippen molar-refractivity contribution in [2.24, 2.45) is 5.90 Å². The predicted molar refractivity (Wildman–Crippen MR) is 166 cm³/mol. The lowest BCUT2D eigenvalue weighted by Gasteiger charge is -2.44. The zero-order valence-corrected chi connectivity index (χ0v) is 25.9. The first-order valence-corrected chi connectivity index (χ1v) is 15.3. The molecule has 1 aromatic carbocycles. The number of aldehydes is 1. The summed E-state index contributed by atoms with van der Waals surface area (Å²) in [6, 6.07) is 10.2. The van der Waals surface area contributed by atoms with Crippen LogP contribution in [0.1, 0.15) is 84.7 Å². The first-order chi connectivity index (χ1) is 21.4. The molecule has 2 aliphatic heterocycles. The fourth-order valence-corrected chi connectivity index (χ4v) is 4.76. The number of piperidine rings is 1. The van der Waals surface area contributed by atoms with Crippen molar-refractivity contribution in [2.45, 2.75) is 103 Å². The van der Waals surface area contributed by atoms with Crippen LogP contribution in [0.25, 0.3) is 0 Å². The first kappa shape index (κ1) is 36.6. The van der Waals surface area contributed by atoms with Crippen LogP contribution >= 0.6 is 0 Å². The number of nitrogens with two attached hydrogens (primary N) is 1. The average molecular weight is 618 g/mol. The number of H-pyrrole nitrogens is 1. The Labute approximate surface area is 257 Å². The normalized spacial score (nSPS) is 21.3.